The first kappa shape index (κ1) is 27.5. The van der Waals surface area contributed by atoms with E-state index in [4.69, 9.17) is 11.6 Å². The first-order valence-corrected chi connectivity index (χ1v) is 13.5. The van der Waals surface area contributed by atoms with Gasteiger partial charge in [-0.1, -0.05) is 30.7 Å². The van der Waals surface area contributed by atoms with E-state index in [1.807, 2.05) is 13.8 Å². The second-order valence-corrected chi connectivity index (χ2v) is 11.3. The molecule has 2 atom stereocenters. The number of likely N-dealkylation sites (tertiary alicyclic amines) is 1. The standard InChI is InChI=1S/C28H32ClF2N5O3/c1-3-18-13-27(26(37)38,9-10-36(18)15-17-5-4-6-20(29)24(17)30)14-21-25(31)19(28(39)7-8-28)12-22(32-21)33-23-11-16(2)34-35-23/h4-6,11-12,18,39H,3,7-10,13-15H2,1-2H3,(H,37,38)(H2,32,33,34,35)/t18-,27-/m1/s1. The molecular weight excluding hydrogens is 528 g/mol. The molecule has 11 heteroatoms. The number of benzene rings is 1. The van der Waals surface area contributed by atoms with Crippen molar-refractivity contribution in [2.75, 3.05) is 11.9 Å². The molecule has 2 aromatic heterocycles. The summed E-state index contributed by atoms with van der Waals surface area (Å²) in [7, 11) is 0. The van der Waals surface area contributed by atoms with Crippen molar-refractivity contribution in [3.05, 3.63) is 69.5 Å². The molecule has 5 rings (SSSR count). The Labute approximate surface area is 230 Å². The molecule has 0 radical (unpaired) electrons. The highest BCUT2D eigenvalue weighted by Gasteiger charge is 2.48. The maximum absolute atomic E-state index is 15.8. The summed E-state index contributed by atoms with van der Waals surface area (Å²) in [5.74, 6) is -1.40. The summed E-state index contributed by atoms with van der Waals surface area (Å²) in [6, 6.07) is 7.93. The van der Waals surface area contributed by atoms with E-state index >= 15 is 4.39 Å². The number of nitrogens with one attached hydrogen (secondary N) is 2. The predicted molar refractivity (Wildman–Crippen MR) is 143 cm³/mol. The third-order valence-electron chi connectivity index (χ3n) is 8.07. The van der Waals surface area contributed by atoms with Crippen molar-refractivity contribution in [1.29, 1.82) is 0 Å². The Hall–Kier alpha value is -3.08. The first-order chi connectivity index (χ1) is 18.5. The number of aliphatic carboxylic acids is 1. The number of halogens is 3. The average Bonchev–Trinajstić information content (AvgIpc) is 3.52. The maximum atomic E-state index is 15.8. The fourth-order valence-corrected chi connectivity index (χ4v) is 5.77. The fourth-order valence-electron chi connectivity index (χ4n) is 5.58. The van der Waals surface area contributed by atoms with Gasteiger partial charge in [0.1, 0.15) is 11.6 Å². The van der Waals surface area contributed by atoms with Crippen molar-refractivity contribution < 1.29 is 23.8 Å². The number of hydrogen-bond donors (Lipinski definition) is 4. The van der Waals surface area contributed by atoms with Crippen LogP contribution in [0.2, 0.25) is 5.02 Å². The zero-order valence-corrected chi connectivity index (χ0v) is 22.7. The number of carboxylic acids is 1. The Morgan fingerprint density at radius 1 is 1.23 bits per heavy atom. The fraction of sp³-hybridized carbons (Fsp3) is 0.464. The zero-order chi connectivity index (χ0) is 27.9. The van der Waals surface area contributed by atoms with Crippen LogP contribution >= 0.6 is 11.6 Å². The number of H-pyrrole nitrogens is 1. The lowest BCUT2D eigenvalue weighted by molar-refractivity contribution is -0.154. The van der Waals surface area contributed by atoms with Crippen molar-refractivity contribution in [3.63, 3.8) is 0 Å². The van der Waals surface area contributed by atoms with Gasteiger partial charge in [-0.15, -0.1) is 0 Å². The minimum atomic E-state index is -1.29. The molecule has 1 saturated carbocycles. The minimum Gasteiger partial charge on any atom is -0.481 e. The van der Waals surface area contributed by atoms with Gasteiger partial charge in [-0.2, -0.15) is 5.10 Å². The van der Waals surface area contributed by atoms with Crippen molar-refractivity contribution in [1.82, 2.24) is 20.1 Å². The van der Waals surface area contributed by atoms with Crippen LogP contribution in [0.5, 0.6) is 0 Å². The number of anilines is 2. The summed E-state index contributed by atoms with van der Waals surface area (Å²) in [5.41, 5.74) is -1.18. The number of aromatic nitrogens is 3. The summed E-state index contributed by atoms with van der Waals surface area (Å²) in [6.45, 7) is 4.49. The van der Waals surface area contributed by atoms with Gasteiger partial charge in [0.2, 0.25) is 0 Å². The summed E-state index contributed by atoms with van der Waals surface area (Å²) in [5, 5.41) is 31.3. The normalized spacial score (nSPS) is 22.6. The Morgan fingerprint density at radius 2 is 2.00 bits per heavy atom. The van der Waals surface area contributed by atoms with Gasteiger partial charge in [0.15, 0.2) is 11.6 Å². The second kappa shape index (κ2) is 10.5. The molecule has 2 fully saturated rings. The van der Waals surface area contributed by atoms with Crippen LogP contribution in [0.4, 0.5) is 20.4 Å². The van der Waals surface area contributed by atoms with Crippen LogP contribution in [0.15, 0.2) is 30.3 Å². The highest BCUT2D eigenvalue weighted by atomic mass is 35.5. The quantitative estimate of drug-likeness (QED) is 0.275. The molecule has 3 aromatic rings. The molecule has 0 spiro atoms. The number of carboxylic acid groups (broad SMARTS) is 1. The molecule has 1 aromatic carbocycles. The van der Waals surface area contributed by atoms with E-state index in [-0.39, 0.29) is 47.4 Å². The van der Waals surface area contributed by atoms with Gasteiger partial charge in [0.05, 0.1) is 21.7 Å². The molecule has 4 N–H and O–H groups in total. The zero-order valence-electron chi connectivity index (χ0n) is 21.9. The molecule has 1 aliphatic carbocycles. The first-order valence-electron chi connectivity index (χ1n) is 13.2. The van der Waals surface area contributed by atoms with Crippen molar-refractivity contribution >= 4 is 29.2 Å². The average molecular weight is 560 g/mol. The van der Waals surface area contributed by atoms with E-state index in [1.54, 1.807) is 18.2 Å². The van der Waals surface area contributed by atoms with Gasteiger partial charge in [-0.3, -0.25) is 14.8 Å². The van der Waals surface area contributed by atoms with Crippen molar-refractivity contribution in [3.8, 4) is 0 Å². The van der Waals surface area contributed by atoms with E-state index in [9.17, 15) is 19.4 Å². The number of aryl methyl sites for hydroxylation is 1. The number of carbonyl (C=O) groups is 1. The van der Waals surface area contributed by atoms with Crippen LogP contribution < -0.4 is 5.32 Å². The lowest BCUT2D eigenvalue weighted by Gasteiger charge is -2.44. The number of piperidine rings is 1. The molecule has 3 heterocycles. The SMILES string of the molecule is CC[C@@H]1C[C@](Cc2nc(Nc3cc(C)[nH]n3)cc(C3(O)CC3)c2F)(C(=O)O)CCN1Cc1cccc(Cl)c1F. The third kappa shape index (κ3) is 5.50. The van der Waals surface area contributed by atoms with Crippen LogP contribution in [0, 0.1) is 24.0 Å². The molecule has 2 aliphatic rings. The smallest absolute Gasteiger partial charge is 0.310 e. The summed E-state index contributed by atoms with van der Waals surface area (Å²) < 4.78 is 30.4. The van der Waals surface area contributed by atoms with E-state index in [0.717, 1.165) is 5.69 Å². The molecule has 0 amide bonds. The molecule has 1 saturated heterocycles. The van der Waals surface area contributed by atoms with Gasteiger partial charge in [0.25, 0.3) is 0 Å². The number of pyridine rings is 1. The Kier molecular flexibility index (Phi) is 7.39. The Bertz CT molecular complexity index is 1400. The van der Waals surface area contributed by atoms with E-state index in [2.05, 4.69) is 25.4 Å². The Balaban J connectivity index is 1.44. The molecular formula is C28H32ClF2N5O3. The number of aliphatic hydroxyl groups is 1. The highest BCUT2D eigenvalue weighted by molar-refractivity contribution is 6.30. The van der Waals surface area contributed by atoms with Gasteiger partial charge in [-0.25, -0.2) is 13.8 Å². The lowest BCUT2D eigenvalue weighted by Crippen LogP contribution is -2.50. The molecule has 8 nitrogen and oxygen atoms in total. The van der Waals surface area contributed by atoms with Crippen LogP contribution in [-0.4, -0.2) is 48.9 Å². The Morgan fingerprint density at radius 3 is 2.64 bits per heavy atom. The van der Waals surface area contributed by atoms with Crippen molar-refractivity contribution in [2.45, 2.75) is 70.6 Å². The van der Waals surface area contributed by atoms with Crippen LogP contribution in [0.1, 0.15) is 61.5 Å². The summed E-state index contributed by atoms with van der Waals surface area (Å²) in [4.78, 5) is 19.3. The highest BCUT2D eigenvalue weighted by Crippen LogP contribution is 2.48. The van der Waals surface area contributed by atoms with Crippen molar-refractivity contribution in [2.24, 2.45) is 5.41 Å². The number of nitrogens with zero attached hydrogens (tertiary/aromatic N) is 3. The number of aromatic amines is 1. The van der Waals surface area contributed by atoms with Gasteiger partial charge in [0, 0.05) is 41.9 Å². The van der Waals surface area contributed by atoms with E-state index in [1.165, 1.54) is 12.1 Å². The molecule has 39 heavy (non-hydrogen) atoms. The molecule has 1 aliphatic heterocycles. The van der Waals surface area contributed by atoms with E-state index in [0.29, 0.717) is 43.7 Å². The molecule has 208 valence electrons. The maximum Gasteiger partial charge on any atom is 0.310 e. The van der Waals surface area contributed by atoms with Gasteiger partial charge >= 0.3 is 5.97 Å². The molecule has 0 bridgehead atoms. The monoisotopic (exact) mass is 559 g/mol. The summed E-state index contributed by atoms with van der Waals surface area (Å²) in [6.07, 6.45) is 1.83. The predicted octanol–water partition coefficient (Wildman–Crippen LogP) is 5.46. The van der Waals surface area contributed by atoms with Gasteiger partial charge in [-0.05, 0) is 57.7 Å². The summed E-state index contributed by atoms with van der Waals surface area (Å²) >= 11 is 5.97. The van der Waals surface area contributed by atoms with Crippen LogP contribution in [0.3, 0.4) is 0 Å². The largest absolute Gasteiger partial charge is 0.481 e. The van der Waals surface area contributed by atoms with Crippen LogP contribution in [0.25, 0.3) is 0 Å². The number of rotatable bonds is 9. The number of hydrogen-bond acceptors (Lipinski definition) is 6. The molecule has 0 unspecified atom stereocenters. The minimum absolute atomic E-state index is 0.00540. The topological polar surface area (TPSA) is 114 Å². The second-order valence-electron chi connectivity index (χ2n) is 10.9. The van der Waals surface area contributed by atoms with E-state index < -0.39 is 28.6 Å². The third-order valence-corrected chi connectivity index (χ3v) is 8.36. The lowest BCUT2D eigenvalue weighted by atomic mass is 9.71. The van der Waals surface area contributed by atoms with Gasteiger partial charge < -0.3 is 15.5 Å². The van der Waals surface area contributed by atoms with Crippen LogP contribution in [-0.2, 0) is 23.4 Å².